The number of halogens is 3. The third-order valence-electron chi connectivity index (χ3n) is 9.46. The van der Waals surface area contributed by atoms with E-state index < -0.39 is 28.8 Å². The molecule has 8 heteroatoms. The van der Waals surface area contributed by atoms with E-state index in [1.165, 1.54) is 6.07 Å². The van der Waals surface area contributed by atoms with Crippen LogP contribution in [0.4, 0.5) is 10.1 Å². The second-order valence-corrected chi connectivity index (χ2v) is 13.0. The van der Waals surface area contributed by atoms with Gasteiger partial charge in [0.15, 0.2) is 5.78 Å². The molecule has 4 atom stereocenters. The third kappa shape index (κ3) is 4.19. The SMILES string of the molecule is CC1(O)CC(CC(=O)[C@@H]2N[C@@H](CC3CCCC3)[C@@]3(C(=O)Nc4cc(Cl)ccc43)[C@H]2c2cccc(Cl)c2F)C1. The van der Waals surface area contributed by atoms with Crippen LogP contribution in [-0.2, 0) is 15.0 Å². The number of hydrogen-bond acceptors (Lipinski definition) is 4. The minimum absolute atomic E-state index is 0.0344. The first kappa shape index (κ1) is 26.2. The minimum atomic E-state index is -1.19. The number of fused-ring (bicyclic) bond motifs is 2. The molecule has 6 rings (SSSR count). The van der Waals surface area contributed by atoms with E-state index in [0.717, 1.165) is 37.7 Å². The Bertz CT molecular complexity index is 1290. The van der Waals surface area contributed by atoms with Gasteiger partial charge in [0.25, 0.3) is 0 Å². The van der Waals surface area contributed by atoms with E-state index in [-0.39, 0.29) is 40.7 Å². The van der Waals surface area contributed by atoms with Crippen LogP contribution in [0.1, 0.15) is 75.3 Å². The summed E-state index contributed by atoms with van der Waals surface area (Å²) < 4.78 is 15.8. The lowest BCUT2D eigenvalue weighted by Crippen LogP contribution is -2.49. The lowest BCUT2D eigenvalue weighted by molar-refractivity contribution is -0.126. The summed E-state index contributed by atoms with van der Waals surface area (Å²) in [5, 5.41) is 17.3. The maximum Gasteiger partial charge on any atom is 0.237 e. The number of carbonyl (C=O) groups excluding carboxylic acids is 2. The number of benzene rings is 2. The number of rotatable bonds is 6. The summed E-state index contributed by atoms with van der Waals surface area (Å²) in [5.41, 5.74) is -0.317. The zero-order chi connectivity index (χ0) is 26.8. The molecule has 4 aliphatic rings. The zero-order valence-electron chi connectivity index (χ0n) is 21.4. The Kier molecular flexibility index (Phi) is 6.62. The average Bonchev–Trinajstić information content (AvgIpc) is 3.53. The van der Waals surface area contributed by atoms with E-state index in [2.05, 4.69) is 10.6 Å². The molecule has 2 aliphatic heterocycles. The molecular weight excluding hydrogens is 526 g/mol. The molecule has 5 nitrogen and oxygen atoms in total. The Balaban J connectivity index is 1.49. The number of anilines is 1. The van der Waals surface area contributed by atoms with Crippen molar-refractivity contribution in [1.82, 2.24) is 5.32 Å². The lowest BCUT2D eigenvalue weighted by Gasteiger charge is -2.41. The Morgan fingerprint density at radius 1 is 1.13 bits per heavy atom. The van der Waals surface area contributed by atoms with E-state index >= 15 is 4.39 Å². The maximum atomic E-state index is 15.8. The number of amides is 1. The molecule has 2 heterocycles. The topological polar surface area (TPSA) is 78.4 Å². The maximum absolute atomic E-state index is 15.8. The highest BCUT2D eigenvalue weighted by atomic mass is 35.5. The van der Waals surface area contributed by atoms with Gasteiger partial charge >= 0.3 is 0 Å². The van der Waals surface area contributed by atoms with Crippen LogP contribution in [-0.4, -0.2) is 34.5 Å². The molecule has 0 radical (unpaired) electrons. The summed E-state index contributed by atoms with van der Waals surface area (Å²) in [4.78, 5) is 28.2. The number of ketones is 1. The number of aliphatic hydroxyl groups is 1. The Morgan fingerprint density at radius 2 is 1.87 bits per heavy atom. The fourth-order valence-corrected chi connectivity index (χ4v) is 8.30. The normalized spacial score (nSPS) is 34.4. The highest BCUT2D eigenvalue weighted by Gasteiger charge is 2.66. The van der Waals surface area contributed by atoms with Gasteiger partial charge in [-0.3, -0.25) is 9.59 Å². The molecule has 2 aromatic carbocycles. The fourth-order valence-electron chi connectivity index (χ4n) is 7.94. The van der Waals surface area contributed by atoms with Gasteiger partial charge in [0.2, 0.25) is 5.91 Å². The van der Waals surface area contributed by atoms with Crippen LogP contribution in [0, 0.1) is 17.7 Å². The van der Waals surface area contributed by atoms with Crippen LogP contribution in [0.3, 0.4) is 0 Å². The van der Waals surface area contributed by atoms with E-state index in [0.29, 0.717) is 29.5 Å². The molecule has 2 aromatic rings. The van der Waals surface area contributed by atoms with Gasteiger partial charge in [-0.2, -0.15) is 0 Å². The Labute approximate surface area is 232 Å². The van der Waals surface area contributed by atoms with Gasteiger partial charge in [-0.25, -0.2) is 4.39 Å². The molecule has 3 N–H and O–H groups in total. The van der Waals surface area contributed by atoms with Gasteiger partial charge in [-0.05, 0) is 67.3 Å². The van der Waals surface area contributed by atoms with Crippen LogP contribution >= 0.6 is 23.2 Å². The smallest absolute Gasteiger partial charge is 0.237 e. The second-order valence-electron chi connectivity index (χ2n) is 12.2. The second kappa shape index (κ2) is 9.58. The highest BCUT2D eigenvalue weighted by molar-refractivity contribution is 6.31. The largest absolute Gasteiger partial charge is 0.390 e. The number of carbonyl (C=O) groups is 2. The fraction of sp³-hybridized carbons (Fsp3) is 0.533. The molecule has 202 valence electrons. The van der Waals surface area contributed by atoms with Crippen molar-refractivity contribution < 1.29 is 19.1 Å². The number of nitrogens with one attached hydrogen (secondary N) is 2. The van der Waals surface area contributed by atoms with Crippen LogP contribution in [0.2, 0.25) is 10.0 Å². The zero-order valence-corrected chi connectivity index (χ0v) is 22.9. The molecule has 1 saturated heterocycles. The van der Waals surface area contributed by atoms with E-state index in [4.69, 9.17) is 23.2 Å². The van der Waals surface area contributed by atoms with Crippen molar-refractivity contribution in [1.29, 1.82) is 0 Å². The van der Waals surface area contributed by atoms with Crippen molar-refractivity contribution in [2.45, 2.75) is 87.3 Å². The summed E-state index contributed by atoms with van der Waals surface area (Å²) in [7, 11) is 0. The predicted octanol–water partition coefficient (Wildman–Crippen LogP) is 6.15. The monoisotopic (exact) mass is 558 g/mol. The summed E-state index contributed by atoms with van der Waals surface area (Å²) in [6, 6.07) is 9.02. The first-order chi connectivity index (χ1) is 18.1. The van der Waals surface area contributed by atoms with E-state index in [9.17, 15) is 14.7 Å². The van der Waals surface area contributed by atoms with Crippen LogP contribution < -0.4 is 10.6 Å². The van der Waals surface area contributed by atoms with Gasteiger partial charge in [0, 0.05) is 29.1 Å². The van der Waals surface area contributed by atoms with Crippen molar-refractivity contribution in [2.75, 3.05) is 5.32 Å². The standard InChI is InChI=1S/C30H33Cl2FN2O3/c1-29(38)14-17(15-29)11-23(36)27-25(19-7-4-8-21(32)26(19)33)30(24(35-27)12-16-5-2-3-6-16)20-10-9-18(31)13-22(20)34-28(30)37/h4,7-10,13,16-17,24-25,27,35,38H,2-3,5-6,11-12,14-15H2,1H3,(H,34,37)/t17?,24-,25-,27-,29?,30+/m0/s1. The molecule has 0 unspecified atom stereocenters. The van der Waals surface area contributed by atoms with Gasteiger partial charge in [0.05, 0.1) is 16.7 Å². The van der Waals surface area contributed by atoms with E-state index in [1.54, 1.807) is 31.2 Å². The van der Waals surface area contributed by atoms with Crippen LogP contribution in [0.25, 0.3) is 0 Å². The predicted molar refractivity (Wildman–Crippen MR) is 146 cm³/mol. The molecule has 38 heavy (non-hydrogen) atoms. The molecule has 1 amide bonds. The number of hydrogen-bond donors (Lipinski definition) is 3. The third-order valence-corrected chi connectivity index (χ3v) is 9.99. The van der Waals surface area contributed by atoms with Crippen molar-refractivity contribution in [3.05, 3.63) is 63.4 Å². The quantitative estimate of drug-likeness (QED) is 0.397. The van der Waals surface area contributed by atoms with Crippen molar-refractivity contribution in [3.8, 4) is 0 Å². The summed E-state index contributed by atoms with van der Waals surface area (Å²) in [6.45, 7) is 1.78. The minimum Gasteiger partial charge on any atom is -0.390 e. The Hall–Kier alpha value is -1.99. The molecule has 2 saturated carbocycles. The van der Waals surface area contributed by atoms with Crippen molar-refractivity contribution in [2.24, 2.45) is 11.8 Å². The highest BCUT2D eigenvalue weighted by Crippen LogP contribution is 2.57. The van der Waals surface area contributed by atoms with Crippen LogP contribution in [0.15, 0.2) is 36.4 Å². The van der Waals surface area contributed by atoms with Gasteiger partial charge in [0.1, 0.15) is 11.2 Å². The summed E-state index contributed by atoms with van der Waals surface area (Å²) in [6.07, 6.45) is 6.56. The Morgan fingerprint density at radius 3 is 2.58 bits per heavy atom. The number of Topliss-reactive ketones (excluding diaryl/α,β-unsaturated/α-hetero) is 1. The van der Waals surface area contributed by atoms with E-state index in [1.807, 2.05) is 6.07 Å². The van der Waals surface area contributed by atoms with Crippen molar-refractivity contribution >= 4 is 40.6 Å². The van der Waals surface area contributed by atoms with Crippen molar-refractivity contribution in [3.63, 3.8) is 0 Å². The summed E-state index contributed by atoms with van der Waals surface area (Å²) >= 11 is 12.6. The van der Waals surface area contributed by atoms with Gasteiger partial charge < -0.3 is 15.7 Å². The van der Waals surface area contributed by atoms with Gasteiger partial charge in [-0.1, -0.05) is 67.1 Å². The summed E-state index contributed by atoms with van der Waals surface area (Å²) in [5.74, 6) is -1.19. The molecular formula is C30H33Cl2FN2O3. The lowest BCUT2D eigenvalue weighted by atomic mass is 9.62. The molecule has 2 aliphatic carbocycles. The average molecular weight is 560 g/mol. The first-order valence-electron chi connectivity index (χ1n) is 13.7. The first-order valence-corrected chi connectivity index (χ1v) is 14.4. The van der Waals surface area contributed by atoms with Gasteiger partial charge in [-0.15, -0.1) is 0 Å². The molecule has 1 spiro atoms. The molecule has 3 fully saturated rings. The molecule has 0 aromatic heterocycles. The molecule has 0 bridgehead atoms. The van der Waals surface area contributed by atoms with Crippen LogP contribution in [0.5, 0.6) is 0 Å².